The van der Waals surface area contributed by atoms with Gasteiger partial charge in [-0.1, -0.05) is 0 Å². The topological polar surface area (TPSA) is 17.3 Å². The SMILES string of the molecule is Cc1nn2ccc(C(F)(F)F)cc2c1-c1cc(F)cc(F)c1. The van der Waals surface area contributed by atoms with Crippen LogP contribution in [0.5, 0.6) is 0 Å². The fourth-order valence-corrected chi connectivity index (χ4v) is 2.39. The van der Waals surface area contributed by atoms with Gasteiger partial charge in [-0.25, -0.2) is 13.3 Å². The van der Waals surface area contributed by atoms with Crippen LogP contribution in [0.15, 0.2) is 36.5 Å². The Morgan fingerprint density at radius 2 is 1.64 bits per heavy atom. The third-order valence-electron chi connectivity index (χ3n) is 3.29. The molecule has 0 fully saturated rings. The summed E-state index contributed by atoms with van der Waals surface area (Å²) in [6.07, 6.45) is -3.34. The van der Waals surface area contributed by atoms with Gasteiger partial charge in [0.05, 0.1) is 16.8 Å². The van der Waals surface area contributed by atoms with Gasteiger partial charge in [0.15, 0.2) is 0 Å². The summed E-state index contributed by atoms with van der Waals surface area (Å²) in [4.78, 5) is 0. The minimum Gasteiger partial charge on any atom is -0.240 e. The summed E-state index contributed by atoms with van der Waals surface area (Å²) in [5.74, 6) is -1.61. The monoisotopic (exact) mass is 312 g/mol. The zero-order valence-corrected chi connectivity index (χ0v) is 11.2. The Labute approximate surface area is 121 Å². The Balaban J connectivity index is 2.30. The predicted molar refractivity (Wildman–Crippen MR) is 70.3 cm³/mol. The van der Waals surface area contributed by atoms with Crippen molar-refractivity contribution in [3.63, 3.8) is 0 Å². The van der Waals surface area contributed by atoms with E-state index in [4.69, 9.17) is 0 Å². The average molecular weight is 312 g/mol. The molecule has 7 heteroatoms. The van der Waals surface area contributed by atoms with E-state index in [1.165, 1.54) is 10.7 Å². The third-order valence-corrected chi connectivity index (χ3v) is 3.29. The molecular formula is C15H9F5N2. The van der Waals surface area contributed by atoms with Gasteiger partial charge in [-0.05, 0) is 36.8 Å². The molecule has 3 aromatic rings. The molecule has 0 unspecified atom stereocenters. The Morgan fingerprint density at radius 1 is 1.00 bits per heavy atom. The largest absolute Gasteiger partial charge is 0.416 e. The standard InChI is InChI=1S/C15H9F5N2/c1-8-14(9-4-11(16)7-12(17)5-9)13-6-10(15(18,19)20)2-3-22(13)21-8/h2-7H,1H3. The van der Waals surface area contributed by atoms with Gasteiger partial charge in [0.2, 0.25) is 0 Å². The lowest BCUT2D eigenvalue weighted by Crippen LogP contribution is -2.05. The average Bonchev–Trinajstić information content (AvgIpc) is 2.71. The van der Waals surface area contributed by atoms with E-state index in [0.29, 0.717) is 11.8 Å². The summed E-state index contributed by atoms with van der Waals surface area (Å²) in [6.45, 7) is 1.57. The molecule has 0 saturated carbocycles. The van der Waals surface area contributed by atoms with Crippen LogP contribution in [-0.2, 0) is 6.18 Å². The highest BCUT2D eigenvalue weighted by Crippen LogP contribution is 2.34. The highest BCUT2D eigenvalue weighted by molar-refractivity contribution is 5.82. The number of nitrogens with zero attached hydrogens (tertiary/aromatic N) is 2. The fraction of sp³-hybridized carbons (Fsp3) is 0.133. The smallest absolute Gasteiger partial charge is 0.240 e. The molecule has 0 bridgehead atoms. The number of benzene rings is 1. The van der Waals surface area contributed by atoms with Crippen LogP contribution in [0.4, 0.5) is 22.0 Å². The first kappa shape index (κ1) is 14.5. The Bertz CT molecular complexity index is 844. The molecule has 2 nitrogen and oxygen atoms in total. The molecule has 22 heavy (non-hydrogen) atoms. The van der Waals surface area contributed by atoms with Gasteiger partial charge in [-0.2, -0.15) is 18.3 Å². The Kier molecular flexibility index (Phi) is 3.16. The van der Waals surface area contributed by atoms with Crippen molar-refractivity contribution < 1.29 is 22.0 Å². The summed E-state index contributed by atoms with van der Waals surface area (Å²) in [5.41, 5.74) is 0.0773. The van der Waals surface area contributed by atoms with Gasteiger partial charge in [-0.15, -0.1) is 0 Å². The zero-order valence-electron chi connectivity index (χ0n) is 11.2. The number of aromatic nitrogens is 2. The van der Waals surface area contributed by atoms with Crippen molar-refractivity contribution >= 4 is 5.52 Å². The lowest BCUT2D eigenvalue weighted by atomic mass is 10.0. The molecule has 0 atom stereocenters. The first-order valence-corrected chi connectivity index (χ1v) is 6.28. The number of hydrogen-bond donors (Lipinski definition) is 0. The van der Waals surface area contributed by atoms with Crippen LogP contribution < -0.4 is 0 Å². The van der Waals surface area contributed by atoms with Crippen LogP contribution in [0, 0.1) is 18.6 Å². The van der Waals surface area contributed by atoms with E-state index in [-0.39, 0.29) is 16.6 Å². The maximum absolute atomic E-state index is 13.4. The molecule has 3 rings (SSSR count). The highest BCUT2D eigenvalue weighted by Gasteiger charge is 2.31. The van der Waals surface area contributed by atoms with E-state index >= 15 is 0 Å². The van der Waals surface area contributed by atoms with E-state index in [9.17, 15) is 22.0 Å². The minimum atomic E-state index is -4.51. The molecule has 0 saturated heterocycles. The van der Waals surface area contributed by atoms with Crippen LogP contribution in [0.25, 0.3) is 16.6 Å². The van der Waals surface area contributed by atoms with Crippen molar-refractivity contribution in [3.8, 4) is 11.1 Å². The summed E-state index contributed by atoms with van der Waals surface area (Å²) in [5, 5.41) is 4.08. The van der Waals surface area contributed by atoms with Crippen molar-refractivity contribution in [1.29, 1.82) is 0 Å². The molecule has 2 aromatic heterocycles. The van der Waals surface area contributed by atoms with Gasteiger partial charge in [0.25, 0.3) is 0 Å². The predicted octanol–water partition coefficient (Wildman–Crippen LogP) is 4.61. The van der Waals surface area contributed by atoms with Crippen molar-refractivity contribution in [1.82, 2.24) is 9.61 Å². The summed E-state index contributed by atoms with van der Waals surface area (Å²) in [7, 11) is 0. The second kappa shape index (κ2) is 4.79. The maximum atomic E-state index is 13.4. The van der Waals surface area contributed by atoms with Crippen LogP contribution in [0.2, 0.25) is 0 Å². The lowest BCUT2D eigenvalue weighted by Gasteiger charge is -2.07. The van der Waals surface area contributed by atoms with Gasteiger partial charge in [0.1, 0.15) is 11.6 Å². The fourth-order valence-electron chi connectivity index (χ4n) is 2.39. The molecular weight excluding hydrogens is 303 g/mol. The van der Waals surface area contributed by atoms with E-state index in [2.05, 4.69) is 5.10 Å². The molecule has 0 aliphatic heterocycles. The van der Waals surface area contributed by atoms with Gasteiger partial charge < -0.3 is 0 Å². The lowest BCUT2D eigenvalue weighted by molar-refractivity contribution is -0.137. The minimum absolute atomic E-state index is 0.136. The van der Waals surface area contributed by atoms with E-state index < -0.39 is 23.4 Å². The Hall–Kier alpha value is -2.44. The van der Waals surface area contributed by atoms with Crippen LogP contribution in [-0.4, -0.2) is 9.61 Å². The Morgan fingerprint density at radius 3 is 2.23 bits per heavy atom. The van der Waals surface area contributed by atoms with E-state index in [1.54, 1.807) is 6.92 Å². The number of pyridine rings is 1. The molecule has 0 radical (unpaired) electrons. The first-order valence-electron chi connectivity index (χ1n) is 6.28. The summed E-state index contributed by atoms with van der Waals surface area (Å²) in [6, 6.07) is 4.64. The second-order valence-electron chi connectivity index (χ2n) is 4.86. The molecule has 0 N–H and O–H groups in total. The van der Waals surface area contributed by atoms with Crippen molar-refractivity contribution in [2.75, 3.05) is 0 Å². The zero-order chi connectivity index (χ0) is 16.1. The van der Waals surface area contributed by atoms with Crippen LogP contribution in [0.3, 0.4) is 0 Å². The molecule has 0 amide bonds. The highest BCUT2D eigenvalue weighted by atomic mass is 19.4. The number of rotatable bonds is 1. The summed E-state index contributed by atoms with van der Waals surface area (Å²) >= 11 is 0. The molecule has 0 aliphatic rings. The van der Waals surface area contributed by atoms with Crippen molar-refractivity contribution in [2.45, 2.75) is 13.1 Å². The van der Waals surface area contributed by atoms with Crippen molar-refractivity contribution in [3.05, 3.63) is 59.4 Å². The molecule has 0 spiro atoms. The second-order valence-corrected chi connectivity index (χ2v) is 4.86. The molecule has 2 heterocycles. The van der Waals surface area contributed by atoms with E-state index in [1.807, 2.05) is 0 Å². The van der Waals surface area contributed by atoms with Gasteiger partial charge >= 0.3 is 6.18 Å². The van der Waals surface area contributed by atoms with Gasteiger partial charge in [-0.3, -0.25) is 0 Å². The van der Waals surface area contributed by atoms with Gasteiger partial charge in [0, 0.05) is 17.8 Å². The quantitative estimate of drug-likeness (QED) is 0.600. The van der Waals surface area contributed by atoms with Crippen LogP contribution >= 0.6 is 0 Å². The number of alkyl halides is 3. The molecule has 1 aromatic carbocycles. The first-order chi connectivity index (χ1) is 10.3. The summed E-state index contributed by atoms with van der Waals surface area (Å²) < 4.78 is 66.5. The number of hydrogen-bond acceptors (Lipinski definition) is 1. The number of aryl methyl sites for hydroxylation is 1. The number of fused-ring (bicyclic) bond motifs is 1. The van der Waals surface area contributed by atoms with Crippen molar-refractivity contribution in [2.24, 2.45) is 0 Å². The van der Waals surface area contributed by atoms with Crippen LogP contribution in [0.1, 0.15) is 11.3 Å². The normalized spacial score (nSPS) is 12.1. The maximum Gasteiger partial charge on any atom is 0.416 e. The molecule has 114 valence electrons. The van der Waals surface area contributed by atoms with E-state index in [0.717, 1.165) is 24.3 Å². The third kappa shape index (κ3) is 2.43. The number of halogens is 5. The molecule has 0 aliphatic carbocycles.